The zero-order valence-corrected chi connectivity index (χ0v) is 7.10. The Morgan fingerprint density at radius 3 is 1.86 bits per heavy atom. The SMILES string of the molecule is COC([CH2][AlH2])OC. The molecule has 2 nitrogen and oxygen atoms in total. The first-order valence-electron chi connectivity index (χ1n) is 2.40. The average molecular weight is 118 g/mol. The molecule has 0 aromatic rings. The molecule has 0 saturated heterocycles. The maximum Gasteiger partial charge on any atom is 0.219 e. The van der Waals surface area contributed by atoms with Gasteiger partial charge in [-0.2, -0.15) is 0 Å². The lowest BCUT2D eigenvalue weighted by Gasteiger charge is -2.08. The van der Waals surface area contributed by atoms with E-state index in [1.165, 1.54) is 0 Å². The highest BCUT2D eigenvalue weighted by molar-refractivity contribution is 6.08. The van der Waals surface area contributed by atoms with E-state index in [1.807, 2.05) is 0 Å². The van der Waals surface area contributed by atoms with Crippen LogP contribution >= 0.6 is 0 Å². The van der Waals surface area contributed by atoms with Crippen molar-refractivity contribution in [1.82, 2.24) is 0 Å². The Bertz CT molecular complexity index is 31.2. The lowest BCUT2D eigenvalue weighted by atomic mass is 10.7. The van der Waals surface area contributed by atoms with Crippen molar-refractivity contribution in [1.29, 1.82) is 0 Å². The second-order valence-electron chi connectivity index (χ2n) is 1.31. The molecule has 0 saturated carbocycles. The third-order valence-corrected chi connectivity index (χ3v) is 1.53. The van der Waals surface area contributed by atoms with Gasteiger partial charge >= 0.3 is 0 Å². The molecule has 42 valence electrons. The van der Waals surface area contributed by atoms with Gasteiger partial charge in [-0.1, -0.05) is 5.28 Å². The van der Waals surface area contributed by atoms with Gasteiger partial charge in [-0.25, -0.2) is 0 Å². The molecule has 0 aliphatic heterocycles. The van der Waals surface area contributed by atoms with Gasteiger partial charge in [0.1, 0.15) is 6.29 Å². The van der Waals surface area contributed by atoms with E-state index in [0.717, 1.165) is 21.6 Å². The fourth-order valence-corrected chi connectivity index (χ4v) is 1.10. The highest BCUT2D eigenvalue weighted by atomic mass is 27.0. The smallest absolute Gasteiger partial charge is 0.219 e. The third kappa shape index (κ3) is 3.07. The van der Waals surface area contributed by atoms with Gasteiger partial charge in [0, 0.05) is 14.2 Å². The van der Waals surface area contributed by atoms with Gasteiger partial charge in [0.2, 0.25) is 16.3 Å². The Balaban J connectivity index is 2.99. The van der Waals surface area contributed by atoms with Crippen LogP contribution in [0.1, 0.15) is 0 Å². The molecule has 0 atom stereocenters. The third-order valence-electron chi connectivity index (χ3n) is 0.859. The molecule has 0 rings (SSSR count). The van der Waals surface area contributed by atoms with E-state index in [4.69, 9.17) is 9.47 Å². The quantitative estimate of drug-likeness (QED) is 0.372. The molecular formula is C4H11AlO2. The number of rotatable bonds is 3. The van der Waals surface area contributed by atoms with Crippen LogP contribution in [0.4, 0.5) is 0 Å². The van der Waals surface area contributed by atoms with E-state index in [0.29, 0.717) is 0 Å². The van der Waals surface area contributed by atoms with E-state index in [9.17, 15) is 0 Å². The molecule has 0 aliphatic carbocycles. The first-order valence-corrected chi connectivity index (χ1v) is 3.82. The first-order chi connectivity index (χ1) is 3.35. The summed E-state index contributed by atoms with van der Waals surface area (Å²) in [5.41, 5.74) is 0. The molecule has 3 heteroatoms. The summed E-state index contributed by atoms with van der Waals surface area (Å²) in [5.74, 6) is 0. The minimum Gasteiger partial charge on any atom is -0.357 e. The number of hydrogen-bond donors (Lipinski definition) is 0. The predicted octanol–water partition coefficient (Wildman–Crippen LogP) is -0.343. The molecule has 0 aromatic carbocycles. The van der Waals surface area contributed by atoms with Crippen LogP contribution in [0.5, 0.6) is 0 Å². The number of methoxy groups -OCH3 is 2. The summed E-state index contributed by atoms with van der Waals surface area (Å²) in [5, 5.41) is 1.05. The van der Waals surface area contributed by atoms with Crippen molar-refractivity contribution < 1.29 is 9.47 Å². The van der Waals surface area contributed by atoms with Crippen molar-refractivity contribution in [2.75, 3.05) is 14.2 Å². The lowest BCUT2D eigenvalue weighted by molar-refractivity contribution is -0.0871. The van der Waals surface area contributed by atoms with Crippen molar-refractivity contribution in [3.63, 3.8) is 0 Å². The van der Waals surface area contributed by atoms with Crippen LogP contribution in [0, 0.1) is 0 Å². The molecule has 0 fully saturated rings. The summed E-state index contributed by atoms with van der Waals surface area (Å²) in [7, 11) is 3.32. The van der Waals surface area contributed by atoms with Gasteiger partial charge in [-0.05, 0) is 0 Å². The zero-order valence-electron chi connectivity index (χ0n) is 5.10. The monoisotopic (exact) mass is 118 g/mol. The highest BCUT2D eigenvalue weighted by Crippen LogP contribution is 1.92. The van der Waals surface area contributed by atoms with Crippen molar-refractivity contribution in [2.24, 2.45) is 0 Å². The Kier molecular flexibility index (Phi) is 4.91. The van der Waals surface area contributed by atoms with Crippen LogP contribution in [-0.4, -0.2) is 36.8 Å². The Morgan fingerprint density at radius 2 is 1.86 bits per heavy atom. The normalized spacial score (nSPS) is 10.1. The minimum absolute atomic E-state index is 0.0478. The molecule has 0 bridgehead atoms. The first kappa shape index (κ1) is 7.45. The Morgan fingerprint density at radius 1 is 1.43 bits per heavy atom. The molecule has 7 heavy (non-hydrogen) atoms. The molecule has 0 heterocycles. The Labute approximate surface area is 52.2 Å². The number of hydrogen-bond acceptors (Lipinski definition) is 2. The summed E-state index contributed by atoms with van der Waals surface area (Å²) in [4.78, 5) is 0. The van der Waals surface area contributed by atoms with Gasteiger partial charge in [-0.3, -0.25) is 0 Å². The standard InChI is InChI=1S/C4H9O2.Al.2H/c1-4(5-2)6-3;;;/h4H,1H2,2-3H3;;;. The predicted molar refractivity (Wildman–Crippen MR) is 31.2 cm³/mol. The molecule has 0 amide bonds. The van der Waals surface area contributed by atoms with Crippen molar-refractivity contribution >= 4 is 16.3 Å². The summed E-state index contributed by atoms with van der Waals surface area (Å²) in [6.45, 7) is 0. The second-order valence-corrected chi connectivity index (χ2v) is 2.13. The van der Waals surface area contributed by atoms with Crippen LogP contribution < -0.4 is 0 Å². The van der Waals surface area contributed by atoms with Gasteiger partial charge in [0.25, 0.3) is 0 Å². The second kappa shape index (κ2) is 4.61. The minimum atomic E-state index is 0.0478. The number of ether oxygens (including phenoxy) is 2. The maximum atomic E-state index is 4.86. The summed E-state index contributed by atoms with van der Waals surface area (Å²) < 4.78 is 9.72. The van der Waals surface area contributed by atoms with E-state index >= 15 is 0 Å². The van der Waals surface area contributed by atoms with Crippen molar-refractivity contribution in [3.8, 4) is 0 Å². The van der Waals surface area contributed by atoms with Gasteiger partial charge < -0.3 is 9.47 Å². The molecule has 0 spiro atoms. The largest absolute Gasteiger partial charge is 0.357 e. The van der Waals surface area contributed by atoms with Gasteiger partial charge in [-0.15, -0.1) is 0 Å². The van der Waals surface area contributed by atoms with Crippen molar-refractivity contribution in [2.45, 2.75) is 11.6 Å². The summed E-state index contributed by atoms with van der Waals surface area (Å²) >= 11 is 1.14. The van der Waals surface area contributed by atoms with Crippen LogP contribution in [0.3, 0.4) is 0 Å². The summed E-state index contributed by atoms with van der Waals surface area (Å²) in [6, 6.07) is 0. The van der Waals surface area contributed by atoms with Gasteiger partial charge in [0.15, 0.2) is 0 Å². The fourth-order valence-electron chi connectivity index (χ4n) is 0.430. The molecule has 0 unspecified atom stereocenters. The van der Waals surface area contributed by atoms with Crippen molar-refractivity contribution in [3.05, 3.63) is 0 Å². The Hall–Kier alpha value is 0.452. The maximum absolute atomic E-state index is 4.86. The van der Waals surface area contributed by atoms with E-state index in [1.54, 1.807) is 14.2 Å². The van der Waals surface area contributed by atoms with E-state index in [2.05, 4.69) is 0 Å². The molecule has 0 N–H and O–H groups in total. The van der Waals surface area contributed by atoms with Crippen LogP contribution in [0.25, 0.3) is 0 Å². The summed E-state index contributed by atoms with van der Waals surface area (Å²) in [6.07, 6.45) is 0.0478. The van der Waals surface area contributed by atoms with Crippen LogP contribution in [0.2, 0.25) is 5.28 Å². The van der Waals surface area contributed by atoms with Crippen LogP contribution in [0.15, 0.2) is 0 Å². The van der Waals surface area contributed by atoms with E-state index in [-0.39, 0.29) is 6.29 Å². The molecule has 0 aromatic heterocycles. The average Bonchev–Trinajstić information content (AvgIpc) is 1.72. The van der Waals surface area contributed by atoms with Crippen LogP contribution in [-0.2, 0) is 9.47 Å². The molecule has 0 radical (unpaired) electrons. The van der Waals surface area contributed by atoms with Gasteiger partial charge in [0.05, 0.1) is 0 Å². The topological polar surface area (TPSA) is 18.5 Å². The fraction of sp³-hybridized carbons (Fsp3) is 1.00. The zero-order chi connectivity index (χ0) is 5.70. The van der Waals surface area contributed by atoms with E-state index < -0.39 is 0 Å². The molecule has 0 aliphatic rings. The molecular weight excluding hydrogens is 107 g/mol. The highest BCUT2D eigenvalue weighted by Gasteiger charge is 1.96. The lowest BCUT2D eigenvalue weighted by Crippen LogP contribution is -2.10.